The van der Waals surface area contributed by atoms with Crippen LogP contribution in [0.25, 0.3) is 0 Å². The fourth-order valence-corrected chi connectivity index (χ4v) is 1.12. The van der Waals surface area contributed by atoms with Crippen LogP contribution >= 0.6 is 0 Å². The van der Waals surface area contributed by atoms with Crippen LogP contribution in [0.4, 0.5) is 0 Å². The van der Waals surface area contributed by atoms with E-state index in [4.69, 9.17) is 5.11 Å². The van der Waals surface area contributed by atoms with Gasteiger partial charge in [0.2, 0.25) is 0 Å². The van der Waals surface area contributed by atoms with Crippen LogP contribution < -0.4 is 0 Å². The van der Waals surface area contributed by atoms with E-state index in [0.29, 0.717) is 5.92 Å². The van der Waals surface area contributed by atoms with Crippen LogP contribution in [0.2, 0.25) is 0 Å². The highest BCUT2D eigenvalue weighted by atomic mass is 16.2. The fourth-order valence-electron chi connectivity index (χ4n) is 1.12. The average Bonchev–Trinajstić information content (AvgIpc) is 2.15. The topological polar surface area (TPSA) is 20.2 Å². The Labute approximate surface area is 79.4 Å². The maximum atomic E-state index is 8.53. The van der Waals surface area contributed by atoms with E-state index in [0.717, 1.165) is 5.56 Å². The summed E-state index contributed by atoms with van der Waals surface area (Å²) in [4.78, 5) is 0. The first kappa shape index (κ1) is 9.83. The van der Waals surface area contributed by atoms with Crippen LogP contribution in [0, 0.1) is 11.8 Å². The summed E-state index contributed by atoms with van der Waals surface area (Å²) in [5, 5.41) is 8.53. The molecule has 13 heavy (non-hydrogen) atoms. The molecule has 0 saturated heterocycles. The minimum atomic E-state index is -0.0775. The summed E-state index contributed by atoms with van der Waals surface area (Å²) in [6, 6.07) is 8.10. The Morgan fingerprint density at radius 3 is 2.77 bits per heavy atom. The predicted molar refractivity (Wildman–Crippen MR) is 54.5 cm³/mol. The Bertz CT molecular complexity index is 328. The maximum absolute atomic E-state index is 8.53. The van der Waals surface area contributed by atoms with E-state index in [1.807, 2.05) is 12.1 Å². The molecule has 0 aliphatic carbocycles. The van der Waals surface area contributed by atoms with Crippen LogP contribution in [0.5, 0.6) is 0 Å². The second-order valence-electron chi connectivity index (χ2n) is 3.24. The van der Waals surface area contributed by atoms with Crippen molar-refractivity contribution in [3.05, 3.63) is 35.4 Å². The molecule has 1 N–H and O–H groups in total. The first-order valence-electron chi connectivity index (χ1n) is 4.43. The SMILES string of the molecule is CC(C)c1cccc(C#CCO)c1. The first-order chi connectivity index (χ1) is 6.24. The number of rotatable bonds is 1. The van der Waals surface area contributed by atoms with Gasteiger partial charge in [-0.2, -0.15) is 0 Å². The van der Waals surface area contributed by atoms with Gasteiger partial charge in [-0.05, 0) is 23.6 Å². The molecule has 0 aliphatic heterocycles. The normalized spacial score (nSPS) is 9.54. The Morgan fingerprint density at radius 2 is 2.15 bits per heavy atom. The lowest BCUT2D eigenvalue weighted by molar-refractivity contribution is 0.350. The monoisotopic (exact) mass is 174 g/mol. The van der Waals surface area contributed by atoms with Gasteiger partial charge in [0.05, 0.1) is 0 Å². The second-order valence-corrected chi connectivity index (χ2v) is 3.24. The highest BCUT2D eigenvalue weighted by Gasteiger charge is 1.97. The molecule has 0 unspecified atom stereocenters. The molecule has 1 nitrogen and oxygen atoms in total. The molecule has 1 aromatic rings. The van der Waals surface area contributed by atoms with E-state index in [-0.39, 0.29) is 6.61 Å². The minimum absolute atomic E-state index is 0.0775. The van der Waals surface area contributed by atoms with Gasteiger partial charge in [-0.15, -0.1) is 0 Å². The van der Waals surface area contributed by atoms with Gasteiger partial charge in [0.15, 0.2) is 0 Å². The first-order valence-corrected chi connectivity index (χ1v) is 4.43. The molecule has 0 saturated carbocycles. The van der Waals surface area contributed by atoms with E-state index >= 15 is 0 Å². The number of aliphatic hydroxyl groups excluding tert-OH is 1. The summed E-state index contributed by atoms with van der Waals surface area (Å²) >= 11 is 0. The maximum Gasteiger partial charge on any atom is 0.104 e. The lowest BCUT2D eigenvalue weighted by Gasteiger charge is -2.04. The lowest BCUT2D eigenvalue weighted by atomic mass is 10.0. The third-order valence-electron chi connectivity index (χ3n) is 1.87. The largest absolute Gasteiger partial charge is 0.384 e. The Morgan fingerprint density at radius 1 is 1.38 bits per heavy atom. The highest BCUT2D eigenvalue weighted by molar-refractivity contribution is 5.38. The molecular formula is C12H14O. The standard InChI is InChI=1S/C12H14O/c1-10(2)12-7-3-5-11(9-12)6-4-8-13/h3,5,7,9-10,13H,8H2,1-2H3. The van der Waals surface area contributed by atoms with Crippen LogP contribution in [0.3, 0.4) is 0 Å². The third kappa shape index (κ3) is 2.93. The van der Waals surface area contributed by atoms with Crippen molar-refractivity contribution in [2.45, 2.75) is 19.8 Å². The molecule has 0 spiro atoms. The zero-order valence-electron chi connectivity index (χ0n) is 8.04. The number of hydrogen-bond donors (Lipinski definition) is 1. The molecule has 0 aromatic heterocycles. The summed E-state index contributed by atoms with van der Waals surface area (Å²) < 4.78 is 0. The Hall–Kier alpha value is -1.26. The molecule has 0 fully saturated rings. The van der Waals surface area contributed by atoms with E-state index in [1.165, 1.54) is 5.56 Å². The predicted octanol–water partition coefficient (Wildman–Crippen LogP) is 2.15. The second kappa shape index (κ2) is 4.69. The number of benzene rings is 1. The van der Waals surface area contributed by atoms with Gasteiger partial charge in [-0.3, -0.25) is 0 Å². The van der Waals surface area contributed by atoms with Crippen LogP contribution in [-0.2, 0) is 0 Å². The highest BCUT2D eigenvalue weighted by Crippen LogP contribution is 2.14. The molecule has 0 bridgehead atoms. The van der Waals surface area contributed by atoms with Crippen LogP contribution in [0.15, 0.2) is 24.3 Å². The van der Waals surface area contributed by atoms with E-state index in [9.17, 15) is 0 Å². The number of hydrogen-bond acceptors (Lipinski definition) is 1. The van der Waals surface area contributed by atoms with E-state index < -0.39 is 0 Å². The minimum Gasteiger partial charge on any atom is -0.384 e. The van der Waals surface area contributed by atoms with Gasteiger partial charge in [0, 0.05) is 5.56 Å². The molecule has 0 aliphatic rings. The Kier molecular flexibility index (Phi) is 3.54. The summed E-state index contributed by atoms with van der Waals surface area (Å²) in [5.41, 5.74) is 2.25. The Balaban J connectivity index is 2.92. The van der Waals surface area contributed by atoms with Crippen molar-refractivity contribution >= 4 is 0 Å². The molecule has 0 radical (unpaired) electrons. The van der Waals surface area contributed by atoms with Gasteiger partial charge < -0.3 is 5.11 Å². The molecule has 68 valence electrons. The van der Waals surface area contributed by atoms with Crippen molar-refractivity contribution in [2.24, 2.45) is 0 Å². The van der Waals surface area contributed by atoms with Crippen molar-refractivity contribution in [1.82, 2.24) is 0 Å². The zero-order chi connectivity index (χ0) is 9.68. The van der Waals surface area contributed by atoms with Crippen molar-refractivity contribution < 1.29 is 5.11 Å². The van der Waals surface area contributed by atoms with Gasteiger partial charge in [-0.25, -0.2) is 0 Å². The molecule has 0 heterocycles. The molecule has 1 heteroatoms. The van der Waals surface area contributed by atoms with E-state index in [2.05, 4.69) is 37.8 Å². The third-order valence-corrected chi connectivity index (χ3v) is 1.87. The molecule has 0 amide bonds. The van der Waals surface area contributed by atoms with Gasteiger partial charge >= 0.3 is 0 Å². The van der Waals surface area contributed by atoms with Gasteiger partial charge in [-0.1, -0.05) is 37.8 Å². The molecular weight excluding hydrogens is 160 g/mol. The van der Waals surface area contributed by atoms with Crippen molar-refractivity contribution in [2.75, 3.05) is 6.61 Å². The van der Waals surface area contributed by atoms with Crippen molar-refractivity contribution in [3.63, 3.8) is 0 Å². The van der Waals surface area contributed by atoms with Crippen molar-refractivity contribution in [3.8, 4) is 11.8 Å². The summed E-state index contributed by atoms with van der Waals surface area (Å²) in [6.45, 7) is 4.23. The lowest BCUT2D eigenvalue weighted by Crippen LogP contribution is -1.87. The van der Waals surface area contributed by atoms with Gasteiger partial charge in [0.25, 0.3) is 0 Å². The van der Waals surface area contributed by atoms with E-state index in [1.54, 1.807) is 0 Å². The van der Waals surface area contributed by atoms with Crippen LogP contribution in [-0.4, -0.2) is 11.7 Å². The van der Waals surface area contributed by atoms with Crippen molar-refractivity contribution in [1.29, 1.82) is 0 Å². The van der Waals surface area contributed by atoms with Gasteiger partial charge in [0.1, 0.15) is 6.61 Å². The molecule has 1 aromatic carbocycles. The molecule has 1 rings (SSSR count). The summed E-state index contributed by atoms with van der Waals surface area (Å²) in [5.74, 6) is 6.05. The average molecular weight is 174 g/mol. The van der Waals surface area contributed by atoms with Crippen LogP contribution in [0.1, 0.15) is 30.9 Å². The summed E-state index contributed by atoms with van der Waals surface area (Å²) in [6.07, 6.45) is 0. The number of aliphatic hydroxyl groups is 1. The smallest absolute Gasteiger partial charge is 0.104 e. The quantitative estimate of drug-likeness (QED) is 0.647. The molecule has 0 atom stereocenters. The zero-order valence-corrected chi connectivity index (χ0v) is 8.04. The summed E-state index contributed by atoms with van der Waals surface area (Å²) in [7, 11) is 0. The fraction of sp³-hybridized carbons (Fsp3) is 0.333.